The van der Waals surface area contributed by atoms with Crippen LogP contribution in [0.4, 0.5) is 5.69 Å². The molecule has 0 spiro atoms. The van der Waals surface area contributed by atoms with Crippen LogP contribution in [0, 0.1) is 13.8 Å². The third kappa shape index (κ3) is 2.58. The van der Waals surface area contributed by atoms with Crippen molar-refractivity contribution in [2.24, 2.45) is 0 Å². The van der Waals surface area contributed by atoms with Crippen molar-refractivity contribution in [1.29, 1.82) is 0 Å². The number of aliphatic hydroxyl groups is 1. The van der Waals surface area contributed by atoms with E-state index in [0.717, 1.165) is 23.2 Å². The molecule has 0 aromatic heterocycles. The summed E-state index contributed by atoms with van der Waals surface area (Å²) in [5, 5.41) is 10.0. The minimum Gasteiger partial charge on any atom is -0.503 e. The second-order valence-electron chi connectivity index (χ2n) is 5.57. The molecule has 1 N–H and O–H groups in total. The Morgan fingerprint density at radius 2 is 1.95 bits per heavy atom. The van der Waals surface area contributed by atoms with Crippen molar-refractivity contribution in [2.75, 3.05) is 4.90 Å². The molecule has 1 heterocycles. The maximum Gasteiger partial charge on any atom is 0.294 e. The highest BCUT2D eigenvalue weighted by Gasteiger charge is 2.41. The van der Waals surface area contributed by atoms with Gasteiger partial charge in [-0.15, -0.1) is 0 Å². The zero-order valence-corrected chi connectivity index (χ0v) is 12.9. The van der Waals surface area contributed by atoms with Gasteiger partial charge in [-0.25, -0.2) is 0 Å². The zero-order valence-electron chi connectivity index (χ0n) is 12.9. The lowest BCUT2D eigenvalue weighted by atomic mass is 9.99. The first-order valence-electron chi connectivity index (χ1n) is 7.23. The van der Waals surface area contributed by atoms with Gasteiger partial charge in [0.05, 0.1) is 11.6 Å². The van der Waals surface area contributed by atoms with E-state index in [1.165, 1.54) is 6.92 Å². The Bertz CT molecular complexity index is 631. The number of ketones is 1. The highest BCUT2D eigenvalue weighted by Crippen LogP contribution is 2.34. The number of amides is 1. The SMILES string of the molecule is CCCC1C(C(C)=O)=C(O)C(=O)N1c1ccc(C)c(C)c1. The molecule has 0 fully saturated rings. The first kappa shape index (κ1) is 15.3. The number of rotatable bonds is 4. The molecule has 0 bridgehead atoms. The molecule has 1 aromatic rings. The summed E-state index contributed by atoms with van der Waals surface area (Å²) in [4.78, 5) is 25.7. The number of aliphatic hydroxyl groups excluding tert-OH is 1. The zero-order chi connectivity index (χ0) is 15.7. The van der Waals surface area contributed by atoms with Crippen LogP contribution in [0.3, 0.4) is 0 Å². The fourth-order valence-corrected chi connectivity index (χ4v) is 2.78. The lowest BCUT2D eigenvalue weighted by molar-refractivity contribution is -0.117. The summed E-state index contributed by atoms with van der Waals surface area (Å²) in [5.74, 6) is -1.13. The predicted molar refractivity (Wildman–Crippen MR) is 82.4 cm³/mol. The van der Waals surface area contributed by atoms with E-state index in [1.807, 2.05) is 39.0 Å². The van der Waals surface area contributed by atoms with Crippen LogP contribution in [0.5, 0.6) is 0 Å². The molecule has 4 heteroatoms. The minimum absolute atomic E-state index is 0.236. The van der Waals surface area contributed by atoms with Gasteiger partial charge in [-0.1, -0.05) is 19.4 Å². The van der Waals surface area contributed by atoms with Crippen LogP contribution in [0.2, 0.25) is 0 Å². The monoisotopic (exact) mass is 287 g/mol. The lowest BCUT2D eigenvalue weighted by Crippen LogP contribution is -2.36. The number of Topliss-reactive ketones (excluding diaryl/α,β-unsaturated/α-hetero) is 1. The number of aryl methyl sites for hydroxylation is 2. The molecule has 0 radical (unpaired) electrons. The van der Waals surface area contributed by atoms with Crippen LogP contribution in [-0.2, 0) is 9.59 Å². The van der Waals surface area contributed by atoms with Gasteiger partial charge in [0.1, 0.15) is 0 Å². The van der Waals surface area contributed by atoms with Crippen molar-refractivity contribution in [3.63, 3.8) is 0 Å². The molecule has 0 saturated carbocycles. The molecule has 1 aromatic carbocycles. The van der Waals surface area contributed by atoms with Crippen molar-refractivity contribution in [1.82, 2.24) is 0 Å². The van der Waals surface area contributed by atoms with Gasteiger partial charge in [-0.2, -0.15) is 0 Å². The molecule has 1 aliphatic heterocycles. The van der Waals surface area contributed by atoms with Gasteiger partial charge in [-0.3, -0.25) is 14.5 Å². The van der Waals surface area contributed by atoms with E-state index < -0.39 is 11.7 Å². The second-order valence-corrected chi connectivity index (χ2v) is 5.57. The third-order valence-electron chi connectivity index (χ3n) is 4.03. The summed E-state index contributed by atoms with van der Waals surface area (Å²) in [7, 11) is 0. The van der Waals surface area contributed by atoms with E-state index >= 15 is 0 Å². The highest BCUT2D eigenvalue weighted by atomic mass is 16.3. The number of carbonyl (C=O) groups excluding carboxylic acids is 2. The summed E-state index contributed by atoms with van der Waals surface area (Å²) < 4.78 is 0. The summed E-state index contributed by atoms with van der Waals surface area (Å²) >= 11 is 0. The Morgan fingerprint density at radius 3 is 2.48 bits per heavy atom. The molecule has 0 saturated heterocycles. The lowest BCUT2D eigenvalue weighted by Gasteiger charge is -2.26. The van der Waals surface area contributed by atoms with Gasteiger partial charge in [0.15, 0.2) is 11.5 Å². The molecule has 1 atom stereocenters. The maximum absolute atomic E-state index is 12.4. The molecule has 1 unspecified atom stereocenters. The Balaban J connectivity index is 2.50. The summed E-state index contributed by atoms with van der Waals surface area (Å²) in [6.45, 7) is 7.38. The van der Waals surface area contributed by atoms with Gasteiger partial charge in [0.25, 0.3) is 5.91 Å². The van der Waals surface area contributed by atoms with Gasteiger partial charge >= 0.3 is 0 Å². The van der Waals surface area contributed by atoms with E-state index in [0.29, 0.717) is 6.42 Å². The molecule has 112 valence electrons. The van der Waals surface area contributed by atoms with Crippen molar-refractivity contribution in [3.8, 4) is 0 Å². The molecule has 4 nitrogen and oxygen atoms in total. The fourth-order valence-electron chi connectivity index (χ4n) is 2.78. The molecular formula is C17H21NO3. The standard InChI is InChI=1S/C17H21NO3/c1-5-6-14-15(12(4)19)16(20)17(21)18(14)13-8-7-10(2)11(3)9-13/h7-9,14,20H,5-6H2,1-4H3. The third-order valence-corrected chi connectivity index (χ3v) is 4.03. The van der Waals surface area contributed by atoms with Crippen molar-refractivity contribution in [3.05, 3.63) is 40.7 Å². The number of hydrogen-bond acceptors (Lipinski definition) is 3. The van der Waals surface area contributed by atoms with Crippen LogP contribution < -0.4 is 4.90 Å². The van der Waals surface area contributed by atoms with E-state index in [2.05, 4.69) is 0 Å². The first-order chi connectivity index (χ1) is 9.88. The number of carbonyl (C=O) groups is 2. The molecule has 2 rings (SSSR count). The van der Waals surface area contributed by atoms with E-state index in [-0.39, 0.29) is 17.4 Å². The fraction of sp³-hybridized carbons (Fsp3) is 0.412. The van der Waals surface area contributed by atoms with Crippen LogP contribution in [0.25, 0.3) is 0 Å². The van der Waals surface area contributed by atoms with Crippen LogP contribution in [0.1, 0.15) is 37.8 Å². The molecule has 1 amide bonds. The Hall–Kier alpha value is -2.10. The quantitative estimate of drug-likeness (QED) is 0.925. The van der Waals surface area contributed by atoms with Crippen LogP contribution >= 0.6 is 0 Å². The number of benzene rings is 1. The van der Waals surface area contributed by atoms with Crippen LogP contribution in [-0.4, -0.2) is 22.8 Å². The topological polar surface area (TPSA) is 57.6 Å². The Kier molecular flexibility index (Phi) is 4.16. The average Bonchev–Trinajstić information content (AvgIpc) is 2.66. The van der Waals surface area contributed by atoms with Crippen LogP contribution in [0.15, 0.2) is 29.5 Å². The Labute approximate surface area is 125 Å². The largest absolute Gasteiger partial charge is 0.503 e. The highest BCUT2D eigenvalue weighted by molar-refractivity contribution is 6.15. The van der Waals surface area contributed by atoms with Gasteiger partial charge in [0, 0.05) is 5.69 Å². The molecule has 1 aliphatic rings. The normalized spacial score (nSPS) is 18.6. The average molecular weight is 287 g/mol. The number of nitrogens with zero attached hydrogens (tertiary/aromatic N) is 1. The van der Waals surface area contributed by atoms with Gasteiger partial charge < -0.3 is 5.11 Å². The second kappa shape index (κ2) is 5.72. The summed E-state index contributed by atoms with van der Waals surface area (Å²) in [5.41, 5.74) is 3.18. The Morgan fingerprint density at radius 1 is 1.29 bits per heavy atom. The smallest absolute Gasteiger partial charge is 0.294 e. The van der Waals surface area contributed by atoms with E-state index in [1.54, 1.807) is 4.90 Å². The first-order valence-corrected chi connectivity index (χ1v) is 7.23. The van der Waals surface area contributed by atoms with E-state index in [4.69, 9.17) is 0 Å². The minimum atomic E-state index is -0.484. The summed E-state index contributed by atoms with van der Waals surface area (Å²) in [6, 6.07) is 5.36. The molecular weight excluding hydrogens is 266 g/mol. The molecule has 21 heavy (non-hydrogen) atoms. The maximum atomic E-state index is 12.4. The predicted octanol–water partition coefficient (Wildman–Crippen LogP) is 3.22. The summed E-state index contributed by atoms with van der Waals surface area (Å²) in [6.07, 6.45) is 1.47. The van der Waals surface area contributed by atoms with E-state index in [9.17, 15) is 14.7 Å². The van der Waals surface area contributed by atoms with Gasteiger partial charge in [-0.05, 0) is 50.5 Å². The van der Waals surface area contributed by atoms with Crippen molar-refractivity contribution in [2.45, 2.75) is 46.6 Å². The van der Waals surface area contributed by atoms with Gasteiger partial charge in [0.2, 0.25) is 0 Å². The number of hydrogen-bond donors (Lipinski definition) is 1. The molecule has 0 aliphatic carbocycles. The van der Waals surface area contributed by atoms with Crippen molar-refractivity contribution >= 4 is 17.4 Å². The van der Waals surface area contributed by atoms with Crippen molar-refractivity contribution < 1.29 is 14.7 Å². The number of anilines is 1.